The highest BCUT2D eigenvalue weighted by Crippen LogP contribution is 2.29. The topological polar surface area (TPSA) is 65.4 Å². The molecule has 3 rings (SSSR count). The summed E-state index contributed by atoms with van der Waals surface area (Å²) >= 11 is 0. The van der Waals surface area contributed by atoms with E-state index in [-0.39, 0.29) is 5.56 Å². The molecule has 5 nitrogen and oxygen atoms in total. The van der Waals surface area contributed by atoms with Crippen LogP contribution in [0.2, 0.25) is 0 Å². The van der Waals surface area contributed by atoms with Crippen LogP contribution in [-0.4, -0.2) is 24.5 Å². The minimum Gasteiger partial charge on any atom is -0.494 e. The second-order valence-corrected chi connectivity index (χ2v) is 7.84. The Labute approximate surface area is 166 Å². The van der Waals surface area contributed by atoms with Crippen LogP contribution in [-0.2, 0) is 28.5 Å². The van der Waals surface area contributed by atoms with Crippen LogP contribution in [0.4, 0.5) is 0 Å². The van der Waals surface area contributed by atoms with Crippen LogP contribution in [0.15, 0.2) is 70.9 Å². The van der Waals surface area contributed by atoms with Gasteiger partial charge in [-0.3, -0.25) is 4.79 Å². The molecule has 0 spiro atoms. The highest BCUT2D eigenvalue weighted by atomic mass is 32.2. The third kappa shape index (κ3) is 4.34. The van der Waals surface area contributed by atoms with Gasteiger partial charge in [-0.1, -0.05) is 30.3 Å². The van der Waals surface area contributed by atoms with Gasteiger partial charge in [-0.05, 0) is 48.8 Å². The predicted octanol–water partition coefficient (Wildman–Crippen LogP) is 2.93. The average Bonchev–Trinajstić information content (AvgIpc) is 2.65. The van der Waals surface area contributed by atoms with Crippen LogP contribution in [0.1, 0.15) is 29.5 Å². The standard InChI is InChI=1S/C22H23NO4S/c1-15-12-19(27-10-9-17-7-5-4-6-8-17)13-20(21(15)28(25)26)18-11-16(2)22(24)23(3)14-18/h4-8,11-14,20H,9-10H2,1-3H3. The van der Waals surface area contributed by atoms with E-state index in [1.807, 2.05) is 36.4 Å². The highest BCUT2D eigenvalue weighted by molar-refractivity contribution is 7.73. The van der Waals surface area contributed by atoms with Gasteiger partial charge in [0.15, 0.2) is 0 Å². The van der Waals surface area contributed by atoms with Crippen LogP contribution in [0.3, 0.4) is 0 Å². The summed E-state index contributed by atoms with van der Waals surface area (Å²) in [6.07, 6.45) is 6.01. The largest absolute Gasteiger partial charge is 0.494 e. The molecule has 0 bridgehead atoms. The minimum atomic E-state index is -2.37. The van der Waals surface area contributed by atoms with Gasteiger partial charge in [0.1, 0.15) is 5.76 Å². The number of aromatic nitrogens is 1. The molecular weight excluding hydrogens is 374 g/mol. The van der Waals surface area contributed by atoms with Gasteiger partial charge in [-0.15, -0.1) is 0 Å². The van der Waals surface area contributed by atoms with Crippen molar-refractivity contribution in [1.29, 1.82) is 0 Å². The molecule has 146 valence electrons. The van der Waals surface area contributed by atoms with E-state index in [4.69, 9.17) is 4.74 Å². The van der Waals surface area contributed by atoms with Crippen molar-refractivity contribution in [2.75, 3.05) is 6.61 Å². The van der Waals surface area contributed by atoms with Crippen molar-refractivity contribution in [2.45, 2.75) is 26.2 Å². The molecule has 1 aliphatic carbocycles. The molecule has 0 aliphatic heterocycles. The summed E-state index contributed by atoms with van der Waals surface area (Å²) in [4.78, 5) is 12.3. The van der Waals surface area contributed by atoms with Crippen molar-refractivity contribution >= 4 is 15.2 Å². The number of nitrogens with zero attached hydrogens (tertiary/aromatic N) is 1. The molecule has 6 heteroatoms. The van der Waals surface area contributed by atoms with Crippen molar-refractivity contribution in [3.05, 3.63) is 93.1 Å². The Bertz CT molecular complexity index is 1100. The SMILES string of the molecule is CC1=CC(OCCc2ccccc2)=CC(c2cc(C)c(=O)n(C)c2)C1=S(=O)=O. The number of benzene rings is 1. The fourth-order valence-corrected chi connectivity index (χ4v) is 4.13. The summed E-state index contributed by atoms with van der Waals surface area (Å²) in [5.41, 5.74) is 3.04. The van der Waals surface area contributed by atoms with Gasteiger partial charge in [0.05, 0.1) is 11.5 Å². The zero-order chi connectivity index (χ0) is 20.3. The Kier molecular flexibility index (Phi) is 5.99. The number of hydrogen-bond donors (Lipinski definition) is 0. The van der Waals surface area contributed by atoms with E-state index in [0.29, 0.717) is 28.4 Å². The molecule has 1 aromatic carbocycles. The van der Waals surface area contributed by atoms with E-state index >= 15 is 0 Å². The molecule has 1 atom stereocenters. The van der Waals surface area contributed by atoms with E-state index < -0.39 is 16.2 Å². The van der Waals surface area contributed by atoms with Crippen LogP contribution in [0, 0.1) is 6.92 Å². The van der Waals surface area contributed by atoms with Gasteiger partial charge in [-0.2, -0.15) is 8.42 Å². The Hall–Kier alpha value is -2.86. The minimum absolute atomic E-state index is 0.0973. The van der Waals surface area contributed by atoms with Crippen molar-refractivity contribution in [3.63, 3.8) is 0 Å². The van der Waals surface area contributed by atoms with Crippen LogP contribution in [0.25, 0.3) is 0 Å². The summed E-state index contributed by atoms with van der Waals surface area (Å²) in [5.74, 6) is 0.152. The van der Waals surface area contributed by atoms with Crippen LogP contribution >= 0.6 is 0 Å². The summed E-state index contributed by atoms with van der Waals surface area (Å²) in [6, 6.07) is 11.8. The van der Waals surface area contributed by atoms with E-state index in [0.717, 1.165) is 12.0 Å². The van der Waals surface area contributed by atoms with Gasteiger partial charge < -0.3 is 9.30 Å². The number of ether oxygens (including phenoxy) is 1. The lowest BCUT2D eigenvalue weighted by atomic mass is 9.88. The second-order valence-electron chi connectivity index (χ2n) is 6.93. The normalized spacial score (nSPS) is 16.4. The Balaban J connectivity index is 1.91. The lowest BCUT2D eigenvalue weighted by Crippen LogP contribution is -2.23. The highest BCUT2D eigenvalue weighted by Gasteiger charge is 2.25. The maximum Gasteiger partial charge on any atom is 0.253 e. The Morgan fingerprint density at radius 3 is 2.50 bits per heavy atom. The van der Waals surface area contributed by atoms with E-state index in [2.05, 4.69) is 0 Å². The molecular formula is C22H23NO4S. The van der Waals surface area contributed by atoms with Gasteiger partial charge in [0.25, 0.3) is 5.56 Å². The number of hydrogen-bond acceptors (Lipinski definition) is 4. The zero-order valence-corrected chi connectivity index (χ0v) is 17.0. The first-order chi connectivity index (χ1) is 13.4. The maximum absolute atomic E-state index is 12.0. The van der Waals surface area contributed by atoms with Gasteiger partial charge in [-0.25, -0.2) is 0 Å². The molecule has 1 aliphatic rings. The van der Waals surface area contributed by atoms with E-state index in [1.165, 1.54) is 10.1 Å². The molecule has 0 radical (unpaired) electrons. The van der Waals surface area contributed by atoms with Crippen molar-refractivity contribution < 1.29 is 13.2 Å². The van der Waals surface area contributed by atoms with Crippen LogP contribution in [0.5, 0.6) is 0 Å². The predicted molar refractivity (Wildman–Crippen MR) is 111 cm³/mol. The van der Waals surface area contributed by atoms with Crippen molar-refractivity contribution in [1.82, 2.24) is 4.57 Å². The van der Waals surface area contributed by atoms with Gasteiger partial charge in [0, 0.05) is 31.1 Å². The van der Waals surface area contributed by atoms with Crippen molar-refractivity contribution in [2.24, 2.45) is 7.05 Å². The summed E-state index contributed by atoms with van der Waals surface area (Å²) < 4.78 is 31.2. The first kappa shape index (κ1) is 19.9. The first-order valence-corrected chi connectivity index (χ1v) is 10.1. The molecule has 1 unspecified atom stereocenters. The molecule has 1 heterocycles. The number of aryl methyl sites for hydroxylation is 2. The Morgan fingerprint density at radius 1 is 1.14 bits per heavy atom. The average molecular weight is 397 g/mol. The lowest BCUT2D eigenvalue weighted by Gasteiger charge is -2.22. The van der Waals surface area contributed by atoms with Gasteiger partial charge in [0.2, 0.25) is 10.3 Å². The third-order valence-corrected chi connectivity index (χ3v) is 5.72. The fourth-order valence-electron chi connectivity index (χ4n) is 3.40. The lowest BCUT2D eigenvalue weighted by molar-refractivity contribution is 0.226. The summed E-state index contributed by atoms with van der Waals surface area (Å²) in [6.45, 7) is 3.99. The molecule has 0 fully saturated rings. The molecule has 0 saturated heterocycles. The third-order valence-electron chi connectivity index (χ3n) is 4.79. The molecule has 1 aromatic heterocycles. The van der Waals surface area contributed by atoms with Crippen molar-refractivity contribution in [3.8, 4) is 0 Å². The zero-order valence-electron chi connectivity index (χ0n) is 16.2. The molecule has 2 aromatic rings. The molecule has 0 amide bonds. The van der Waals surface area contributed by atoms with Crippen LogP contribution < -0.4 is 5.56 Å². The number of rotatable bonds is 5. The van der Waals surface area contributed by atoms with Gasteiger partial charge >= 0.3 is 0 Å². The summed E-state index contributed by atoms with van der Waals surface area (Å²) in [5, 5.41) is 0. The monoisotopic (exact) mass is 397 g/mol. The smallest absolute Gasteiger partial charge is 0.253 e. The fraction of sp³-hybridized carbons (Fsp3) is 0.273. The maximum atomic E-state index is 12.0. The summed E-state index contributed by atoms with van der Waals surface area (Å²) in [7, 11) is -0.705. The molecule has 28 heavy (non-hydrogen) atoms. The van der Waals surface area contributed by atoms with E-state index in [1.54, 1.807) is 39.2 Å². The molecule has 0 saturated carbocycles. The molecule has 0 N–H and O–H groups in total. The van der Waals surface area contributed by atoms with E-state index in [9.17, 15) is 13.2 Å². The quantitative estimate of drug-likeness (QED) is 0.728. The Morgan fingerprint density at radius 2 is 1.86 bits per heavy atom. The second kappa shape index (κ2) is 8.44. The first-order valence-electron chi connectivity index (χ1n) is 9.07. The number of allylic oxidation sites excluding steroid dienone is 3. The number of pyridine rings is 1.